The lowest BCUT2D eigenvalue weighted by Crippen LogP contribution is -2.23. The summed E-state index contributed by atoms with van der Waals surface area (Å²) in [5.41, 5.74) is 3.44. The topological polar surface area (TPSA) is 45.2 Å². The van der Waals surface area contributed by atoms with Gasteiger partial charge in [-0.25, -0.2) is 4.98 Å². The first-order valence-corrected chi connectivity index (χ1v) is 6.93. The zero-order chi connectivity index (χ0) is 13.0. The van der Waals surface area contributed by atoms with Crippen LogP contribution in [0.3, 0.4) is 0 Å². The first-order chi connectivity index (χ1) is 8.65. The first kappa shape index (κ1) is 13.2. The smallest absolute Gasteiger partial charge is 0.123 e. The first-order valence-electron chi connectivity index (χ1n) is 6.05. The van der Waals surface area contributed by atoms with Crippen LogP contribution in [-0.2, 0) is 6.54 Å². The molecular weight excluding hydrogens is 244 g/mol. The van der Waals surface area contributed by atoms with Crippen LogP contribution < -0.4 is 5.32 Å². The van der Waals surface area contributed by atoms with Gasteiger partial charge in [0.15, 0.2) is 0 Å². The molecule has 0 radical (unpaired) electrons. The highest BCUT2D eigenvalue weighted by molar-refractivity contribution is 7.13. The molecule has 1 aromatic heterocycles. The third-order valence-corrected chi connectivity index (χ3v) is 3.54. The van der Waals surface area contributed by atoms with Crippen molar-refractivity contribution in [3.63, 3.8) is 0 Å². The molecule has 0 bridgehead atoms. The van der Waals surface area contributed by atoms with Crippen molar-refractivity contribution < 1.29 is 5.11 Å². The average Bonchev–Trinajstić information content (AvgIpc) is 2.78. The van der Waals surface area contributed by atoms with Crippen LogP contribution in [0.25, 0.3) is 10.6 Å². The molecule has 2 N–H and O–H groups in total. The summed E-state index contributed by atoms with van der Waals surface area (Å²) in [5.74, 6) is 0. The maximum atomic E-state index is 9.16. The van der Waals surface area contributed by atoms with E-state index >= 15 is 0 Å². The Morgan fingerprint density at radius 2 is 2.06 bits per heavy atom. The molecule has 96 valence electrons. The van der Waals surface area contributed by atoms with Crippen LogP contribution in [-0.4, -0.2) is 22.7 Å². The van der Waals surface area contributed by atoms with Crippen molar-refractivity contribution in [3.8, 4) is 10.6 Å². The van der Waals surface area contributed by atoms with E-state index in [0.29, 0.717) is 13.1 Å². The number of nitrogens with zero attached hydrogens (tertiary/aromatic N) is 1. The number of nitrogens with one attached hydrogen (secondary N) is 1. The quantitative estimate of drug-likeness (QED) is 0.870. The maximum absolute atomic E-state index is 9.16. The number of aryl methyl sites for hydroxylation is 1. The lowest BCUT2D eigenvalue weighted by molar-refractivity contribution is 0.191. The zero-order valence-electron chi connectivity index (χ0n) is 10.7. The Bertz CT molecular complexity index is 491. The molecule has 1 heterocycles. The van der Waals surface area contributed by atoms with Crippen molar-refractivity contribution in [2.45, 2.75) is 26.5 Å². The van der Waals surface area contributed by atoms with Gasteiger partial charge in [0.2, 0.25) is 0 Å². The Hall–Kier alpha value is -1.23. The van der Waals surface area contributed by atoms with Crippen molar-refractivity contribution >= 4 is 11.3 Å². The molecule has 2 aromatic rings. The van der Waals surface area contributed by atoms with Crippen molar-refractivity contribution in [2.75, 3.05) is 6.54 Å². The molecule has 0 spiro atoms. The molecule has 0 amide bonds. The molecule has 0 fully saturated rings. The molecule has 0 saturated heterocycles. The molecule has 1 aromatic carbocycles. The number of rotatable bonds is 5. The summed E-state index contributed by atoms with van der Waals surface area (Å²) < 4.78 is 0. The minimum atomic E-state index is -0.319. The number of hydrogen-bond donors (Lipinski definition) is 2. The Balaban J connectivity index is 1.99. The second-order valence-electron chi connectivity index (χ2n) is 4.49. The third kappa shape index (κ3) is 3.63. The molecule has 0 saturated carbocycles. The molecule has 3 nitrogen and oxygen atoms in total. The second-order valence-corrected chi connectivity index (χ2v) is 5.35. The van der Waals surface area contributed by atoms with Crippen LogP contribution >= 0.6 is 11.3 Å². The monoisotopic (exact) mass is 262 g/mol. The van der Waals surface area contributed by atoms with E-state index in [1.165, 1.54) is 5.56 Å². The number of aliphatic hydroxyl groups is 1. The van der Waals surface area contributed by atoms with Gasteiger partial charge in [-0.3, -0.25) is 0 Å². The number of aliphatic hydroxyl groups excluding tert-OH is 1. The average molecular weight is 262 g/mol. The van der Waals surface area contributed by atoms with E-state index in [1.54, 1.807) is 18.3 Å². The predicted octanol–water partition coefficient (Wildman–Crippen LogP) is 2.59. The Morgan fingerprint density at radius 3 is 2.72 bits per heavy atom. The van der Waals surface area contributed by atoms with Crippen molar-refractivity contribution in [1.29, 1.82) is 0 Å². The van der Waals surface area contributed by atoms with Crippen LogP contribution in [0.15, 0.2) is 29.6 Å². The van der Waals surface area contributed by atoms with E-state index in [4.69, 9.17) is 5.11 Å². The van der Waals surface area contributed by atoms with E-state index in [1.807, 2.05) is 0 Å². The number of aromatic nitrogens is 1. The van der Waals surface area contributed by atoms with Crippen LogP contribution in [0.2, 0.25) is 0 Å². The fourth-order valence-electron chi connectivity index (χ4n) is 1.63. The summed E-state index contributed by atoms with van der Waals surface area (Å²) in [6.07, 6.45) is -0.319. The highest BCUT2D eigenvalue weighted by atomic mass is 32.1. The molecule has 0 aliphatic heterocycles. The second kappa shape index (κ2) is 6.09. The highest BCUT2D eigenvalue weighted by Crippen LogP contribution is 2.23. The Kier molecular flexibility index (Phi) is 4.47. The van der Waals surface area contributed by atoms with Gasteiger partial charge < -0.3 is 10.4 Å². The van der Waals surface area contributed by atoms with Crippen LogP contribution in [0, 0.1) is 6.92 Å². The van der Waals surface area contributed by atoms with Crippen molar-refractivity contribution in [3.05, 3.63) is 40.9 Å². The standard InChI is InChI=1S/C14H18N2OS/c1-10-3-5-12(6-4-10)14-16-13(9-18-14)8-15-7-11(2)17/h3-6,9,11,15,17H,7-8H2,1-2H3. The van der Waals surface area contributed by atoms with E-state index in [2.05, 4.69) is 46.9 Å². The number of benzene rings is 1. The molecule has 0 aliphatic rings. The summed E-state index contributed by atoms with van der Waals surface area (Å²) in [6, 6.07) is 8.40. The van der Waals surface area contributed by atoms with Gasteiger partial charge in [-0.15, -0.1) is 11.3 Å². The normalized spacial score (nSPS) is 12.6. The summed E-state index contributed by atoms with van der Waals surface area (Å²) in [6.45, 7) is 5.15. The summed E-state index contributed by atoms with van der Waals surface area (Å²) >= 11 is 1.65. The van der Waals surface area contributed by atoms with E-state index in [-0.39, 0.29) is 6.10 Å². The molecule has 0 aliphatic carbocycles. The zero-order valence-corrected chi connectivity index (χ0v) is 11.5. The van der Waals surface area contributed by atoms with Crippen LogP contribution in [0.4, 0.5) is 0 Å². The van der Waals surface area contributed by atoms with Gasteiger partial charge in [-0.1, -0.05) is 29.8 Å². The van der Waals surface area contributed by atoms with E-state index in [9.17, 15) is 0 Å². The summed E-state index contributed by atoms with van der Waals surface area (Å²) in [4.78, 5) is 4.58. The third-order valence-electron chi connectivity index (χ3n) is 2.60. The Labute approximate surface area is 112 Å². The minimum Gasteiger partial charge on any atom is -0.392 e. The van der Waals surface area contributed by atoms with E-state index < -0.39 is 0 Å². The van der Waals surface area contributed by atoms with Gasteiger partial charge in [0.25, 0.3) is 0 Å². The van der Waals surface area contributed by atoms with Gasteiger partial charge in [0.1, 0.15) is 5.01 Å². The summed E-state index contributed by atoms with van der Waals surface area (Å²) in [5, 5.41) is 15.4. The highest BCUT2D eigenvalue weighted by Gasteiger charge is 2.04. The molecular formula is C14H18N2OS. The molecule has 1 unspecified atom stereocenters. The molecule has 1 atom stereocenters. The van der Waals surface area contributed by atoms with Crippen molar-refractivity contribution in [2.24, 2.45) is 0 Å². The predicted molar refractivity (Wildman–Crippen MR) is 75.7 cm³/mol. The fourth-order valence-corrected chi connectivity index (χ4v) is 2.45. The van der Waals surface area contributed by atoms with Gasteiger partial charge in [0, 0.05) is 24.0 Å². The minimum absolute atomic E-state index is 0.319. The lowest BCUT2D eigenvalue weighted by Gasteiger charge is -2.04. The fraction of sp³-hybridized carbons (Fsp3) is 0.357. The maximum Gasteiger partial charge on any atom is 0.123 e. The van der Waals surface area contributed by atoms with Crippen LogP contribution in [0.5, 0.6) is 0 Å². The largest absolute Gasteiger partial charge is 0.392 e. The molecule has 4 heteroatoms. The van der Waals surface area contributed by atoms with Gasteiger partial charge in [-0.05, 0) is 13.8 Å². The van der Waals surface area contributed by atoms with E-state index in [0.717, 1.165) is 16.3 Å². The van der Waals surface area contributed by atoms with Gasteiger partial charge in [-0.2, -0.15) is 0 Å². The lowest BCUT2D eigenvalue weighted by atomic mass is 10.2. The number of hydrogen-bond acceptors (Lipinski definition) is 4. The molecule has 2 rings (SSSR count). The molecule has 18 heavy (non-hydrogen) atoms. The van der Waals surface area contributed by atoms with Crippen molar-refractivity contribution in [1.82, 2.24) is 10.3 Å². The van der Waals surface area contributed by atoms with Crippen LogP contribution in [0.1, 0.15) is 18.2 Å². The Morgan fingerprint density at radius 1 is 1.33 bits per heavy atom. The van der Waals surface area contributed by atoms with Gasteiger partial charge >= 0.3 is 0 Å². The van der Waals surface area contributed by atoms with Gasteiger partial charge in [0.05, 0.1) is 11.8 Å². The summed E-state index contributed by atoms with van der Waals surface area (Å²) in [7, 11) is 0. The SMILES string of the molecule is Cc1ccc(-c2nc(CNCC(C)O)cs2)cc1. The number of thiazole rings is 1.